The smallest absolute Gasteiger partial charge is 0.266 e. The van der Waals surface area contributed by atoms with Crippen LogP contribution < -0.4 is 10.6 Å². The van der Waals surface area contributed by atoms with E-state index in [-0.39, 0.29) is 16.6 Å². The van der Waals surface area contributed by atoms with Crippen LogP contribution in [0.4, 0.5) is 9.52 Å². The summed E-state index contributed by atoms with van der Waals surface area (Å²) >= 11 is 1.12. The van der Waals surface area contributed by atoms with Crippen LogP contribution >= 0.6 is 11.3 Å². The minimum atomic E-state index is -1.29. The molecule has 2 heterocycles. The molecule has 7 nitrogen and oxygen atoms in total. The number of halogens is 1. The number of benzene rings is 2. The fourth-order valence-electron chi connectivity index (χ4n) is 3.64. The first-order valence-electron chi connectivity index (χ1n) is 11.0. The van der Waals surface area contributed by atoms with Gasteiger partial charge >= 0.3 is 0 Å². The van der Waals surface area contributed by atoms with E-state index in [1.54, 1.807) is 18.7 Å². The highest BCUT2D eigenvalue weighted by atomic mass is 32.1. The number of nitrogens with one attached hydrogen (secondary N) is 2. The van der Waals surface area contributed by atoms with Gasteiger partial charge in [-0.3, -0.25) is 19.7 Å². The highest BCUT2D eigenvalue weighted by molar-refractivity contribution is 7.18. The molecule has 1 saturated heterocycles. The number of carbonyl (C=O) groups is 3. The van der Waals surface area contributed by atoms with Crippen LogP contribution in [0.2, 0.25) is 0 Å². The number of amides is 3. The molecular weight excluding hydrogens is 455 g/mol. The highest BCUT2D eigenvalue weighted by Gasteiger charge is 2.32. The van der Waals surface area contributed by atoms with Crippen LogP contribution in [-0.2, 0) is 4.79 Å². The van der Waals surface area contributed by atoms with Crippen LogP contribution in [0, 0.1) is 5.82 Å². The van der Waals surface area contributed by atoms with Crippen molar-refractivity contribution in [3.8, 4) is 11.3 Å². The lowest BCUT2D eigenvalue weighted by atomic mass is 10.0. The Morgan fingerprint density at radius 3 is 2.29 bits per heavy atom. The molecule has 0 radical (unpaired) electrons. The average molecular weight is 481 g/mol. The Hall–Kier alpha value is -3.59. The minimum Gasteiger partial charge on any atom is -0.338 e. The molecule has 9 heteroatoms. The van der Waals surface area contributed by atoms with Gasteiger partial charge in [-0.2, -0.15) is 0 Å². The predicted octanol–water partition coefficient (Wildman–Crippen LogP) is 4.33. The number of anilines is 1. The lowest BCUT2D eigenvalue weighted by Crippen LogP contribution is -2.52. The molecule has 1 aliphatic rings. The van der Waals surface area contributed by atoms with Crippen LogP contribution in [-0.4, -0.2) is 46.2 Å². The number of carbonyl (C=O) groups excluding carboxylic acids is 3. The number of likely N-dealkylation sites (tertiary alicyclic amines) is 1. The summed E-state index contributed by atoms with van der Waals surface area (Å²) in [4.78, 5) is 45.5. The number of aromatic nitrogens is 1. The maximum absolute atomic E-state index is 13.2. The Morgan fingerprint density at radius 2 is 1.65 bits per heavy atom. The molecule has 0 aliphatic carbocycles. The Morgan fingerprint density at radius 1 is 1.00 bits per heavy atom. The number of hydrogen-bond donors (Lipinski definition) is 2. The van der Waals surface area contributed by atoms with Gasteiger partial charge < -0.3 is 10.2 Å². The SMILES string of the molecule is CC(C)(NC(=O)c1ccc(F)cc1)C(=O)Nc1nc(-c2ccccc2)c(C(=O)N2CCCC2)s1. The lowest BCUT2D eigenvalue weighted by Gasteiger charge is -2.24. The van der Waals surface area contributed by atoms with Gasteiger partial charge in [0.1, 0.15) is 16.2 Å². The first kappa shape index (κ1) is 23.6. The van der Waals surface area contributed by atoms with Crippen LogP contribution in [0.5, 0.6) is 0 Å². The summed E-state index contributed by atoms with van der Waals surface area (Å²) in [5.41, 5.74) is 0.251. The van der Waals surface area contributed by atoms with Crippen molar-refractivity contribution in [3.63, 3.8) is 0 Å². The maximum atomic E-state index is 13.2. The van der Waals surface area contributed by atoms with Gasteiger partial charge in [0, 0.05) is 24.2 Å². The highest BCUT2D eigenvalue weighted by Crippen LogP contribution is 2.33. The fourth-order valence-corrected chi connectivity index (χ4v) is 4.59. The molecule has 1 aliphatic heterocycles. The Balaban J connectivity index is 1.55. The maximum Gasteiger partial charge on any atom is 0.266 e. The number of thiazole rings is 1. The summed E-state index contributed by atoms with van der Waals surface area (Å²) < 4.78 is 13.1. The summed E-state index contributed by atoms with van der Waals surface area (Å²) in [5, 5.41) is 5.68. The molecule has 3 amide bonds. The zero-order chi connectivity index (χ0) is 24.3. The third-order valence-corrected chi connectivity index (χ3v) is 6.54. The van der Waals surface area contributed by atoms with Crippen molar-refractivity contribution in [1.82, 2.24) is 15.2 Å². The monoisotopic (exact) mass is 480 g/mol. The second-order valence-corrected chi connectivity index (χ2v) is 9.60. The molecule has 34 heavy (non-hydrogen) atoms. The van der Waals surface area contributed by atoms with Gasteiger partial charge in [0.25, 0.3) is 17.7 Å². The zero-order valence-electron chi connectivity index (χ0n) is 18.9. The minimum absolute atomic E-state index is 0.0989. The third kappa shape index (κ3) is 5.14. The fraction of sp³-hybridized carbons (Fsp3) is 0.280. The van der Waals surface area contributed by atoms with Crippen molar-refractivity contribution < 1.29 is 18.8 Å². The van der Waals surface area contributed by atoms with E-state index in [1.165, 1.54) is 24.3 Å². The predicted molar refractivity (Wildman–Crippen MR) is 129 cm³/mol. The molecule has 0 bridgehead atoms. The number of rotatable bonds is 6. The van der Waals surface area contributed by atoms with Crippen LogP contribution in [0.3, 0.4) is 0 Å². The Kier molecular flexibility index (Phi) is 6.74. The van der Waals surface area contributed by atoms with E-state index >= 15 is 0 Å². The summed E-state index contributed by atoms with van der Waals surface area (Å²) in [6, 6.07) is 14.4. The standard InChI is InChI=1S/C25H25FN4O3S/c1-25(2,29-21(31)17-10-12-18(26)13-11-17)23(33)28-24-27-19(16-8-4-3-5-9-16)20(34-24)22(32)30-14-6-7-15-30/h3-5,8-13H,6-7,14-15H2,1-2H3,(H,29,31)(H,27,28,33). The quantitative estimate of drug-likeness (QED) is 0.549. The molecule has 1 fully saturated rings. The van der Waals surface area contributed by atoms with Crippen molar-refractivity contribution in [1.29, 1.82) is 0 Å². The first-order chi connectivity index (χ1) is 16.2. The van der Waals surface area contributed by atoms with Gasteiger partial charge in [0.15, 0.2) is 5.13 Å². The Labute approximate surface area is 201 Å². The van der Waals surface area contributed by atoms with Crippen LogP contribution in [0.15, 0.2) is 54.6 Å². The van der Waals surface area contributed by atoms with E-state index in [9.17, 15) is 18.8 Å². The van der Waals surface area contributed by atoms with Crippen LogP contribution in [0.1, 0.15) is 46.7 Å². The summed E-state index contributed by atoms with van der Waals surface area (Å²) in [6.45, 7) is 4.53. The third-order valence-electron chi connectivity index (χ3n) is 5.58. The molecule has 0 atom stereocenters. The van der Waals surface area contributed by atoms with Crippen molar-refractivity contribution >= 4 is 34.2 Å². The molecule has 0 saturated carbocycles. The molecule has 3 aromatic rings. The van der Waals surface area contributed by atoms with Crippen LogP contribution in [0.25, 0.3) is 11.3 Å². The summed E-state index contributed by atoms with van der Waals surface area (Å²) in [7, 11) is 0. The molecule has 1 aromatic heterocycles. The molecular formula is C25H25FN4O3S. The topological polar surface area (TPSA) is 91.4 Å². The van der Waals surface area contributed by atoms with Gasteiger partial charge in [-0.1, -0.05) is 41.7 Å². The molecule has 0 unspecified atom stereocenters. The van der Waals surface area contributed by atoms with Gasteiger partial charge in [-0.15, -0.1) is 0 Å². The van der Waals surface area contributed by atoms with Gasteiger partial charge in [-0.25, -0.2) is 9.37 Å². The van der Waals surface area contributed by atoms with E-state index < -0.39 is 23.2 Å². The normalized spacial score (nSPS) is 13.6. The summed E-state index contributed by atoms with van der Waals surface area (Å²) in [6.07, 6.45) is 1.94. The van der Waals surface area contributed by atoms with Crippen molar-refractivity contribution in [3.05, 3.63) is 70.9 Å². The van der Waals surface area contributed by atoms with Gasteiger partial charge in [0.2, 0.25) is 0 Å². The van der Waals surface area contributed by atoms with Crippen molar-refractivity contribution in [2.75, 3.05) is 18.4 Å². The zero-order valence-corrected chi connectivity index (χ0v) is 19.7. The Bertz CT molecular complexity index is 1200. The number of hydrogen-bond acceptors (Lipinski definition) is 5. The van der Waals surface area contributed by atoms with E-state index in [0.717, 1.165) is 29.7 Å². The molecule has 0 spiro atoms. The lowest BCUT2D eigenvalue weighted by molar-refractivity contribution is -0.120. The second kappa shape index (κ2) is 9.72. The van der Waals surface area contributed by atoms with E-state index in [4.69, 9.17) is 0 Å². The van der Waals surface area contributed by atoms with Crippen molar-refractivity contribution in [2.45, 2.75) is 32.2 Å². The molecule has 2 aromatic carbocycles. The molecule has 176 valence electrons. The van der Waals surface area contributed by atoms with Crippen molar-refractivity contribution in [2.24, 2.45) is 0 Å². The van der Waals surface area contributed by atoms with E-state index in [2.05, 4.69) is 15.6 Å². The molecule has 4 rings (SSSR count). The molecule has 2 N–H and O–H groups in total. The van der Waals surface area contributed by atoms with E-state index in [1.807, 2.05) is 30.3 Å². The van der Waals surface area contributed by atoms with E-state index in [0.29, 0.717) is 23.7 Å². The average Bonchev–Trinajstić information content (AvgIpc) is 3.50. The van der Waals surface area contributed by atoms with Gasteiger partial charge in [-0.05, 0) is 51.0 Å². The first-order valence-corrected chi connectivity index (χ1v) is 11.8. The largest absolute Gasteiger partial charge is 0.338 e. The summed E-state index contributed by atoms with van der Waals surface area (Å²) in [5.74, 6) is -1.55. The second-order valence-electron chi connectivity index (χ2n) is 8.60. The van der Waals surface area contributed by atoms with Gasteiger partial charge in [0.05, 0.1) is 5.69 Å². The number of nitrogens with zero attached hydrogens (tertiary/aromatic N) is 2.